The minimum atomic E-state index is -0.560. The van der Waals surface area contributed by atoms with E-state index in [1.807, 2.05) is 0 Å². The van der Waals surface area contributed by atoms with Crippen LogP contribution in [0.1, 0.15) is 11.1 Å². The van der Waals surface area contributed by atoms with E-state index in [2.05, 4.69) is 15.2 Å². The fourth-order valence-electron chi connectivity index (χ4n) is 1.37. The van der Waals surface area contributed by atoms with Crippen LogP contribution in [0.5, 0.6) is 5.75 Å². The van der Waals surface area contributed by atoms with Gasteiger partial charge in [0.2, 0.25) is 0 Å². The van der Waals surface area contributed by atoms with Crippen LogP contribution < -0.4 is 10.2 Å². The first-order valence-electron chi connectivity index (χ1n) is 5.42. The summed E-state index contributed by atoms with van der Waals surface area (Å²) in [7, 11) is 0. The minimum Gasteiger partial charge on any atom is -0.871 e. The summed E-state index contributed by atoms with van der Waals surface area (Å²) in [4.78, 5) is 3.79. The Bertz CT molecular complexity index is 684. The van der Waals surface area contributed by atoms with Crippen LogP contribution in [0.25, 0.3) is 0 Å². The zero-order chi connectivity index (χ0) is 14.5. The molecule has 7 nitrogen and oxygen atoms in total. The normalized spacial score (nSPS) is 10.4. The van der Waals surface area contributed by atoms with Crippen molar-refractivity contribution in [1.29, 1.82) is 0 Å². The van der Waals surface area contributed by atoms with E-state index in [1.165, 1.54) is 24.5 Å². The molecule has 0 saturated heterocycles. The summed E-state index contributed by atoms with van der Waals surface area (Å²) in [5.41, 5.74) is 0.460. The van der Waals surface area contributed by atoms with E-state index in [4.69, 9.17) is 23.2 Å². The predicted molar refractivity (Wildman–Crippen MR) is 78.1 cm³/mol. The monoisotopic (exact) mass is 392 g/mol. The molecule has 0 aliphatic heterocycles. The van der Waals surface area contributed by atoms with Crippen LogP contribution in [-0.2, 0) is 18.6 Å². The van der Waals surface area contributed by atoms with Crippen molar-refractivity contribution in [3.05, 3.63) is 57.8 Å². The molecule has 0 saturated carbocycles. The summed E-state index contributed by atoms with van der Waals surface area (Å²) in [5, 5.41) is 30.6. The molecular formula is C13H9Cl2N3O4V. The van der Waals surface area contributed by atoms with Crippen molar-refractivity contribution < 1.29 is 39.7 Å². The SMILES string of the molecule is [O-]/C(=N\N=C\c1cc(Cl)cc(Cl)c1[O-])c1cccnc1.[OH-].[OH-].[V+4]. The number of hydrogen-bond acceptors (Lipinski definition) is 7. The molecule has 0 spiro atoms. The average Bonchev–Trinajstić information content (AvgIpc) is 2.44. The van der Waals surface area contributed by atoms with Crippen molar-refractivity contribution in [1.82, 2.24) is 4.98 Å². The molecule has 0 amide bonds. The van der Waals surface area contributed by atoms with Crippen LogP contribution in [0.3, 0.4) is 0 Å². The average molecular weight is 393 g/mol. The molecule has 1 aromatic carbocycles. The summed E-state index contributed by atoms with van der Waals surface area (Å²) < 4.78 is 0. The van der Waals surface area contributed by atoms with Gasteiger partial charge in [-0.2, -0.15) is 10.2 Å². The van der Waals surface area contributed by atoms with Crippen molar-refractivity contribution >= 4 is 35.3 Å². The van der Waals surface area contributed by atoms with Crippen LogP contribution in [-0.4, -0.2) is 28.0 Å². The molecule has 0 atom stereocenters. The summed E-state index contributed by atoms with van der Waals surface area (Å²) in [6.07, 6.45) is 4.04. The van der Waals surface area contributed by atoms with E-state index >= 15 is 0 Å². The van der Waals surface area contributed by atoms with Crippen LogP contribution in [0.4, 0.5) is 0 Å². The zero-order valence-electron chi connectivity index (χ0n) is 11.3. The van der Waals surface area contributed by atoms with E-state index in [0.29, 0.717) is 10.6 Å². The number of pyridine rings is 1. The Morgan fingerprint density at radius 3 is 2.52 bits per heavy atom. The standard InChI is InChI=1S/C13H9Cl2N3O2.2H2O.V/c14-10-4-9(12(19)11(15)5-10)7-17-18-13(20)8-2-1-3-16-6-8;;;/h1-7,19H,(H,18,20);2*1H2;/q;;;+4/p-4/b17-7+;;;. The third-order valence-electron chi connectivity index (χ3n) is 2.29. The third-order valence-corrected chi connectivity index (χ3v) is 2.79. The molecule has 119 valence electrons. The Morgan fingerprint density at radius 1 is 1.22 bits per heavy atom. The molecule has 0 aliphatic rings. The fraction of sp³-hybridized carbons (Fsp3) is 0. The molecule has 2 aromatic rings. The van der Waals surface area contributed by atoms with E-state index in [0.717, 1.165) is 6.21 Å². The number of rotatable bonds is 3. The van der Waals surface area contributed by atoms with Crippen LogP contribution >= 0.6 is 23.2 Å². The van der Waals surface area contributed by atoms with Gasteiger partial charge in [-0.05, 0) is 23.8 Å². The molecular weight excluding hydrogens is 384 g/mol. The maximum atomic E-state index is 11.6. The van der Waals surface area contributed by atoms with Gasteiger partial charge in [0.1, 0.15) is 0 Å². The Labute approximate surface area is 153 Å². The first kappa shape index (κ1) is 23.7. The quantitative estimate of drug-likeness (QED) is 0.438. The molecule has 10 heteroatoms. The van der Waals surface area contributed by atoms with Gasteiger partial charge in [-0.3, -0.25) is 4.98 Å². The summed E-state index contributed by atoms with van der Waals surface area (Å²) in [6, 6.07) is 5.90. The topological polar surface area (TPSA) is 144 Å². The molecule has 2 N–H and O–H groups in total. The van der Waals surface area contributed by atoms with Gasteiger partial charge in [-0.25, -0.2) is 0 Å². The molecule has 2 rings (SSSR count). The van der Waals surface area contributed by atoms with Gasteiger partial charge < -0.3 is 21.2 Å². The van der Waals surface area contributed by atoms with E-state index < -0.39 is 11.6 Å². The fourth-order valence-corrected chi connectivity index (χ4v) is 1.88. The van der Waals surface area contributed by atoms with Gasteiger partial charge >= 0.3 is 18.6 Å². The van der Waals surface area contributed by atoms with Gasteiger partial charge in [0.15, 0.2) is 0 Å². The molecule has 23 heavy (non-hydrogen) atoms. The van der Waals surface area contributed by atoms with Crippen molar-refractivity contribution in [2.24, 2.45) is 10.2 Å². The number of nitrogens with zero attached hydrogens (tertiary/aromatic N) is 3. The second kappa shape index (κ2) is 11.0. The van der Waals surface area contributed by atoms with Crippen molar-refractivity contribution in [2.75, 3.05) is 0 Å². The molecule has 0 bridgehead atoms. The molecule has 1 radical (unpaired) electrons. The second-order valence-electron chi connectivity index (χ2n) is 3.70. The molecule has 0 aliphatic carbocycles. The van der Waals surface area contributed by atoms with Crippen molar-refractivity contribution in [3.8, 4) is 5.75 Å². The van der Waals surface area contributed by atoms with Crippen LogP contribution in [0.2, 0.25) is 10.0 Å². The van der Waals surface area contributed by atoms with Gasteiger partial charge in [-0.1, -0.05) is 35.0 Å². The van der Waals surface area contributed by atoms with E-state index in [-0.39, 0.29) is 40.1 Å². The molecule has 1 heterocycles. The summed E-state index contributed by atoms with van der Waals surface area (Å²) in [5.74, 6) is -0.987. The number of aromatic nitrogens is 1. The van der Waals surface area contributed by atoms with Gasteiger partial charge in [-0.15, -0.1) is 0 Å². The number of halogens is 2. The predicted octanol–water partition coefficient (Wildman–Crippen LogP) is 1.25. The smallest absolute Gasteiger partial charge is 0.871 e. The maximum Gasteiger partial charge on any atom is 4.00 e. The Kier molecular flexibility index (Phi) is 11.3. The summed E-state index contributed by atoms with van der Waals surface area (Å²) in [6.45, 7) is 0. The van der Waals surface area contributed by atoms with E-state index in [1.54, 1.807) is 12.1 Å². The molecule has 0 unspecified atom stereocenters. The van der Waals surface area contributed by atoms with Crippen molar-refractivity contribution in [3.63, 3.8) is 0 Å². The zero-order valence-corrected chi connectivity index (χ0v) is 14.2. The minimum absolute atomic E-state index is 0. The molecule has 1 aromatic heterocycles. The van der Waals surface area contributed by atoms with Gasteiger partial charge in [0.05, 0.1) is 6.21 Å². The van der Waals surface area contributed by atoms with Gasteiger partial charge in [0, 0.05) is 33.9 Å². The first-order valence-corrected chi connectivity index (χ1v) is 6.18. The molecule has 0 fully saturated rings. The van der Waals surface area contributed by atoms with Crippen LogP contribution in [0, 0.1) is 0 Å². The summed E-state index contributed by atoms with van der Waals surface area (Å²) >= 11 is 11.5. The first-order chi connectivity index (χ1) is 9.58. The largest absolute Gasteiger partial charge is 4.00 e. The second-order valence-corrected chi connectivity index (χ2v) is 4.54. The maximum absolute atomic E-state index is 11.6. The Balaban J connectivity index is 0. The Morgan fingerprint density at radius 2 is 1.91 bits per heavy atom. The number of hydrogen-bond donors (Lipinski definition) is 0. The van der Waals surface area contributed by atoms with Gasteiger partial charge in [0.25, 0.3) is 0 Å². The number of benzene rings is 1. The Hall–Kier alpha value is -1.61. The van der Waals surface area contributed by atoms with Crippen molar-refractivity contribution in [2.45, 2.75) is 0 Å². The third kappa shape index (κ3) is 6.58. The van der Waals surface area contributed by atoms with Crippen LogP contribution in [0.15, 0.2) is 46.9 Å². The van der Waals surface area contributed by atoms with E-state index in [9.17, 15) is 10.2 Å².